The number of hydrogen-bond acceptors (Lipinski definition) is 4. The van der Waals surface area contributed by atoms with Crippen LogP contribution in [0.5, 0.6) is 11.5 Å². The highest BCUT2D eigenvalue weighted by Crippen LogP contribution is 2.32. The normalized spacial score (nSPS) is 10.2. The minimum absolute atomic E-state index is 0.0154. The van der Waals surface area contributed by atoms with Crippen molar-refractivity contribution < 1.29 is 10.2 Å². The van der Waals surface area contributed by atoms with Crippen LogP contribution in [-0.2, 0) is 0 Å². The van der Waals surface area contributed by atoms with E-state index >= 15 is 0 Å². The van der Waals surface area contributed by atoms with Crippen molar-refractivity contribution in [2.24, 2.45) is 0 Å². The molecule has 0 amide bonds. The summed E-state index contributed by atoms with van der Waals surface area (Å²) in [5.74, 6) is -0.0365. The molecule has 0 aliphatic rings. The molecule has 0 radical (unpaired) electrons. The Balaban J connectivity index is 2.64. The molecule has 0 fully saturated rings. The molecule has 4 nitrogen and oxygen atoms in total. The summed E-state index contributed by atoms with van der Waals surface area (Å²) >= 11 is 3.19. The van der Waals surface area contributed by atoms with E-state index in [2.05, 4.69) is 25.9 Å². The third kappa shape index (κ3) is 1.92. The SMILES string of the molecule is Oc1cccnc1-c1nc(Br)ccc1O. The van der Waals surface area contributed by atoms with E-state index < -0.39 is 0 Å². The maximum absolute atomic E-state index is 9.58. The largest absolute Gasteiger partial charge is 0.506 e. The lowest BCUT2D eigenvalue weighted by molar-refractivity contribution is 0.465. The lowest BCUT2D eigenvalue weighted by Gasteiger charge is -2.04. The Labute approximate surface area is 94.4 Å². The molecule has 76 valence electrons. The highest BCUT2D eigenvalue weighted by Gasteiger charge is 2.11. The molecule has 5 heteroatoms. The first kappa shape index (κ1) is 9.92. The Morgan fingerprint density at radius 1 is 1.00 bits per heavy atom. The van der Waals surface area contributed by atoms with E-state index in [1.54, 1.807) is 12.1 Å². The average Bonchev–Trinajstić information content (AvgIpc) is 2.23. The van der Waals surface area contributed by atoms with E-state index in [9.17, 15) is 10.2 Å². The van der Waals surface area contributed by atoms with Gasteiger partial charge in [-0.3, -0.25) is 4.98 Å². The molecule has 0 saturated heterocycles. The summed E-state index contributed by atoms with van der Waals surface area (Å²) in [6.45, 7) is 0. The minimum atomic E-state index is -0.0211. The van der Waals surface area contributed by atoms with Gasteiger partial charge >= 0.3 is 0 Å². The summed E-state index contributed by atoms with van der Waals surface area (Å²) in [5, 5.41) is 19.1. The van der Waals surface area contributed by atoms with Gasteiger partial charge in [0.1, 0.15) is 27.5 Å². The van der Waals surface area contributed by atoms with E-state index in [0.29, 0.717) is 4.60 Å². The van der Waals surface area contributed by atoms with Crippen LogP contribution in [0.25, 0.3) is 11.4 Å². The van der Waals surface area contributed by atoms with E-state index in [0.717, 1.165) is 0 Å². The molecule has 0 bridgehead atoms. The van der Waals surface area contributed by atoms with Gasteiger partial charge in [-0.25, -0.2) is 4.98 Å². The van der Waals surface area contributed by atoms with Crippen molar-refractivity contribution in [3.8, 4) is 22.9 Å². The average molecular weight is 267 g/mol. The van der Waals surface area contributed by atoms with Crippen molar-refractivity contribution in [2.75, 3.05) is 0 Å². The first-order valence-corrected chi connectivity index (χ1v) is 4.97. The van der Waals surface area contributed by atoms with Crippen LogP contribution in [0.2, 0.25) is 0 Å². The second-order valence-corrected chi connectivity index (χ2v) is 3.69. The monoisotopic (exact) mass is 266 g/mol. The van der Waals surface area contributed by atoms with E-state index in [4.69, 9.17) is 0 Å². The lowest BCUT2D eigenvalue weighted by Crippen LogP contribution is -1.89. The summed E-state index contributed by atoms with van der Waals surface area (Å²) < 4.78 is 0.570. The molecule has 2 heterocycles. The first-order chi connectivity index (χ1) is 7.18. The Morgan fingerprint density at radius 3 is 2.47 bits per heavy atom. The van der Waals surface area contributed by atoms with Gasteiger partial charge in [0.05, 0.1) is 0 Å². The summed E-state index contributed by atoms with van der Waals surface area (Å²) in [5.41, 5.74) is 0.513. The van der Waals surface area contributed by atoms with Crippen molar-refractivity contribution in [3.63, 3.8) is 0 Å². The first-order valence-electron chi connectivity index (χ1n) is 4.18. The zero-order valence-electron chi connectivity index (χ0n) is 7.55. The number of pyridine rings is 2. The minimum Gasteiger partial charge on any atom is -0.506 e. The molecule has 2 rings (SSSR count). The highest BCUT2D eigenvalue weighted by atomic mass is 79.9. The molecule has 2 aromatic heterocycles. The number of rotatable bonds is 1. The Hall–Kier alpha value is -1.62. The van der Waals surface area contributed by atoms with Crippen LogP contribution in [0.4, 0.5) is 0 Å². The predicted octanol–water partition coefficient (Wildman–Crippen LogP) is 2.32. The summed E-state index contributed by atoms with van der Waals surface area (Å²) in [7, 11) is 0. The summed E-state index contributed by atoms with van der Waals surface area (Å²) in [4.78, 5) is 8.01. The van der Waals surface area contributed by atoms with Crippen LogP contribution >= 0.6 is 15.9 Å². The fourth-order valence-corrected chi connectivity index (χ4v) is 1.49. The molecule has 0 atom stereocenters. The highest BCUT2D eigenvalue weighted by molar-refractivity contribution is 9.10. The van der Waals surface area contributed by atoms with Crippen LogP contribution in [0.15, 0.2) is 35.1 Å². The number of halogens is 1. The van der Waals surface area contributed by atoms with Crippen molar-refractivity contribution in [1.29, 1.82) is 0 Å². The molecule has 2 N–H and O–H groups in total. The van der Waals surface area contributed by atoms with E-state index in [1.165, 1.54) is 18.3 Å². The molecular formula is C10H7BrN2O2. The second-order valence-electron chi connectivity index (χ2n) is 2.87. The Morgan fingerprint density at radius 2 is 1.73 bits per heavy atom. The van der Waals surface area contributed by atoms with E-state index in [-0.39, 0.29) is 22.9 Å². The molecule has 0 aliphatic carbocycles. The van der Waals surface area contributed by atoms with Gasteiger partial charge in [-0.1, -0.05) is 0 Å². The van der Waals surface area contributed by atoms with Gasteiger partial charge in [-0.05, 0) is 40.2 Å². The fraction of sp³-hybridized carbons (Fsp3) is 0. The lowest BCUT2D eigenvalue weighted by atomic mass is 10.2. The Kier molecular flexibility index (Phi) is 2.55. The number of nitrogens with zero attached hydrogens (tertiary/aromatic N) is 2. The number of aromatic hydroxyl groups is 2. The van der Waals surface area contributed by atoms with Crippen LogP contribution in [0.1, 0.15) is 0 Å². The van der Waals surface area contributed by atoms with Crippen molar-refractivity contribution >= 4 is 15.9 Å². The van der Waals surface area contributed by atoms with Crippen LogP contribution in [-0.4, -0.2) is 20.2 Å². The van der Waals surface area contributed by atoms with Crippen molar-refractivity contribution in [2.45, 2.75) is 0 Å². The zero-order chi connectivity index (χ0) is 10.8. The fourth-order valence-electron chi connectivity index (χ4n) is 1.18. The number of hydrogen-bond donors (Lipinski definition) is 2. The van der Waals surface area contributed by atoms with Gasteiger partial charge in [-0.15, -0.1) is 0 Å². The van der Waals surface area contributed by atoms with Gasteiger partial charge in [-0.2, -0.15) is 0 Å². The summed E-state index contributed by atoms with van der Waals surface area (Å²) in [6, 6.07) is 6.19. The molecule has 0 aromatic carbocycles. The van der Waals surface area contributed by atoms with Gasteiger partial charge < -0.3 is 10.2 Å². The smallest absolute Gasteiger partial charge is 0.143 e. The predicted molar refractivity (Wildman–Crippen MR) is 58.5 cm³/mol. The Bertz CT molecular complexity index is 503. The van der Waals surface area contributed by atoms with Crippen molar-refractivity contribution in [1.82, 2.24) is 9.97 Å². The zero-order valence-corrected chi connectivity index (χ0v) is 9.14. The second kappa shape index (κ2) is 3.86. The topological polar surface area (TPSA) is 66.2 Å². The van der Waals surface area contributed by atoms with Crippen LogP contribution in [0.3, 0.4) is 0 Å². The standard InChI is InChI=1S/C10H7BrN2O2/c11-8-4-3-7(15)10(13-8)9-6(14)2-1-5-12-9/h1-5,14-15H. The van der Waals surface area contributed by atoms with Crippen molar-refractivity contribution in [3.05, 3.63) is 35.1 Å². The van der Waals surface area contributed by atoms with Gasteiger partial charge in [0.25, 0.3) is 0 Å². The van der Waals surface area contributed by atoms with E-state index in [1.807, 2.05) is 0 Å². The molecule has 0 unspecified atom stereocenters. The quantitative estimate of drug-likeness (QED) is 0.778. The molecule has 0 saturated carbocycles. The molecular weight excluding hydrogens is 260 g/mol. The van der Waals surface area contributed by atoms with Gasteiger partial charge in [0.15, 0.2) is 0 Å². The van der Waals surface area contributed by atoms with Crippen LogP contribution < -0.4 is 0 Å². The van der Waals surface area contributed by atoms with Gasteiger partial charge in [0.2, 0.25) is 0 Å². The van der Waals surface area contributed by atoms with Crippen LogP contribution in [0, 0.1) is 0 Å². The third-order valence-electron chi connectivity index (χ3n) is 1.85. The summed E-state index contributed by atoms with van der Waals surface area (Å²) in [6.07, 6.45) is 1.52. The maximum Gasteiger partial charge on any atom is 0.143 e. The molecule has 2 aromatic rings. The molecule has 15 heavy (non-hydrogen) atoms. The van der Waals surface area contributed by atoms with Gasteiger partial charge in [0, 0.05) is 6.20 Å². The molecule has 0 spiro atoms. The molecule has 0 aliphatic heterocycles. The maximum atomic E-state index is 9.58. The third-order valence-corrected chi connectivity index (χ3v) is 2.29. The number of aromatic nitrogens is 2.